The molecule has 1 unspecified atom stereocenters. The summed E-state index contributed by atoms with van der Waals surface area (Å²) in [5, 5.41) is 3.96. The highest BCUT2D eigenvalue weighted by Crippen LogP contribution is 2.10. The van der Waals surface area contributed by atoms with Crippen molar-refractivity contribution in [3.8, 4) is 0 Å². The maximum atomic E-state index is 5.94. The van der Waals surface area contributed by atoms with Gasteiger partial charge in [0.15, 0.2) is 9.76 Å². The molecule has 0 aliphatic carbocycles. The van der Waals surface area contributed by atoms with Gasteiger partial charge in [-0.15, -0.1) is 0 Å². The first-order chi connectivity index (χ1) is 8.85. The summed E-state index contributed by atoms with van der Waals surface area (Å²) in [7, 11) is -0.737. The number of rotatable bonds is 6. The van der Waals surface area contributed by atoms with Gasteiger partial charge in [0.25, 0.3) is 0 Å². The summed E-state index contributed by atoms with van der Waals surface area (Å²) in [5.74, 6) is 0. The largest absolute Gasteiger partial charge is 0.394 e. The van der Waals surface area contributed by atoms with Crippen molar-refractivity contribution in [1.82, 2.24) is 0 Å². The smallest absolute Gasteiger partial charge is 0.196 e. The van der Waals surface area contributed by atoms with Crippen LogP contribution < -0.4 is 5.19 Å². The van der Waals surface area contributed by atoms with E-state index in [-0.39, 0.29) is 6.29 Å². The Labute approximate surface area is 111 Å². The first kappa shape index (κ1) is 13.3. The highest BCUT2D eigenvalue weighted by atomic mass is 28.2. The molecule has 18 heavy (non-hydrogen) atoms. The summed E-state index contributed by atoms with van der Waals surface area (Å²) >= 11 is 0. The topological polar surface area (TPSA) is 18.5 Å². The molecule has 0 aliphatic rings. The lowest BCUT2D eigenvalue weighted by Gasteiger charge is -2.16. The molecular formula is C15H20O2Si. The van der Waals surface area contributed by atoms with Crippen LogP contribution in [0.15, 0.2) is 42.5 Å². The predicted molar refractivity (Wildman–Crippen MR) is 78.9 cm³/mol. The van der Waals surface area contributed by atoms with Crippen molar-refractivity contribution in [1.29, 1.82) is 0 Å². The zero-order valence-electron chi connectivity index (χ0n) is 11.1. The van der Waals surface area contributed by atoms with Crippen molar-refractivity contribution in [2.45, 2.75) is 26.6 Å². The van der Waals surface area contributed by atoms with Crippen LogP contribution in [0.2, 0.25) is 0 Å². The molecule has 0 radical (unpaired) electrons. The van der Waals surface area contributed by atoms with Crippen molar-refractivity contribution in [2.24, 2.45) is 0 Å². The number of ether oxygens (including phenoxy) is 1. The van der Waals surface area contributed by atoms with Gasteiger partial charge >= 0.3 is 0 Å². The fourth-order valence-corrected chi connectivity index (χ4v) is 3.48. The van der Waals surface area contributed by atoms with E-state index in [0.717, 1.165) is 6.42 Å². The molecule has 0 N–H and O–H groups in total. The zero-order chi connectivity index (χ0) is 12.8. The molecule has 0 saturated carbocycles. The van der Waals surface area contributed by atoms with Gasteiger partial charge in [0.2, 0.25) is 0 Å². The van der Waals surface area contributed by atoms with Crippen LogP contribution in [0.3, 0.4) is 0 Å². The predicted octanol–water partition coefficient (Wildman–Crippen LogP) is 2.34. The highest BCUT2D eigenvalue weighted by molar-refractivity contribution is 6.51. The van der Waals surface area contributed by atoms with Gasteiger partial charge in [-0.3, -0.25) is 0 Å². The van der Waals surface area contributed by atoms with Crippen LogP contribution in [0, 0.1) is 0 Å². The minimum atomic E-state index is -0.737. The second-order valence-corrected chi connectivity index (χ2v) is 5.63. The molecule has 2 nitrogen and oxygen atoms in total. The molecule has 0 aliphatic heterocycles. The number of benzene rings is 2. The summed E-state index contributed by atoms with van der Waals surface area (Å²) < 4.78 is 11.5. The van der Waals surface area contributed by atoms with Crippen LogP contribution in [-0.2, 0) is 9.16 Å². The maximum absolute atomic E-state index is 5.94. The van der Waals surface area contributed by atoms with Crippen molar-refractivity contribution in [2.75, 3.05) is 6.61 Å². The average Bonchev–Trinajstić information content (AvgIpc) is 2.43. The van der Waals surface area contributed by atoms with Crippen LogP contribution in [0.1, 0.15) is 20.3 Å². The molecule has 1 atom stereocenters. The minimum absolute atomic E-state index is 0.0411. The Hall–Kier alpha value is -1.16. The van der Waals surface area contributed by atoms with E-state index in [2.05, 4.69) is 49.4 Å². The zero-order valence-corrected chi connectivity index (χ0v) is 12.5. The van der Waals surface area contributed by atoms with E-state index >= 15 is 0 Å². The minimum Gasteiger partial charge on any atom is -0.394 e. The number of hydrogen-bond donors (Lipinski definition) is 0. The van der Waals surface area contributed by atoms with Crippen molar-refractivity contribution in [3.63, 3.8) is 0 Å². The Bertz CT molecular complexity index is 493. The molecule has 2 aromatic rings. The first-order valence-electron chi connectivity index (χ1n) is 6.55. The van der Waals surface area contributed by atoms with Gasteiger partial charge < -0.3 is 9.16 Å². The van der Waals surface area contributed by atoms with Gasteiger partial charge in [-0.05, 0) is 29.3 Å². The van der Waals surface area contributed by atoms with Gasteiger partial charge in [-0.25, -0.2) is 0 Å². The second-order valence-electron chi connectivity index (χ2n) is 4.24. The summed E-state index contributed by atoms with van der Waals surface area (Å²) in [4.78, 5) is 0. The Morgan fingerprint density at radius 1 is 1.06 bits per heavy atom. The molecule has 0 saturated heterocycles. The van der Waals surface area contributed by atoms with E-state index < -0.39 is 9.76 Å². The van der Waals surface area contributed by atoms with E-state index in [0.29, 0.717) is 6.61 Å². The quantitative estimate of drug-likeness (QED) is 0.586. The van der Waals surface area contributed by atoms with Crippen molar-refractivity contribution in [3.05, 3.63) is 42.5 Å². The standard InChI is InChI=1S/C15H20O2Si/c1-3-15(16-4-2)17-18-14-11-7-9-12-8-5-6-10-13(12)14/h5-11,15H,3-4,18H2,1-2H3. The monoisotopic (exact) mass is 260 g/mol. The second kappa shape index (κ2) is 6.68. The summed E-state index contributed by atoms with van der Waals surface area (Å²) in [5.41, 5.74) is 0. The summed E-state index contributed by atoms with van der Waals surface area (Å²) in [6.45, 7) is 4.81. The third kappa shape index (κ3) is 3.19. The SMILES string of the molecule is CCOC(CC)O[SiH2]c1cccc2ccccc12. The Morgan fingerprint density at radius 3 is 2.61 bits per heavy atom. The normalized spacial score (nSPS) is 13.4. The summed E-state index contributed by atoms with van der Waals surface area (Å²) in [6.07, 6.45) is 0.867. The van der Waals surface area contributed by atoms with Gasteiger partial charge in [0.05, 0.1) is 0 Å². The maximum Gasteiger partial charge on any atom is 0.196 e. The number of fused-ring (bicyclic) bond motifs is 1. The van der Waals surface area contributed by atoms with Gasteiger partial charge in [-0.2, -0.15) is 0 Å². The van der Waals surface area contributed by atoms with Crippen LogP contribution in [0.25, 0.3) is 10.8 Å². The lowest BCUT2D eigenvalue weighted by molar-refractivity contribution is -0.0748. The highest BCUT2D eigenvalue weighted by Gasteiger charge is 2.07. The van der Waals surface area contributed by atoms with E-state index in [9.17, 15) is 0 Å². The Balaban J connectivity index is 2.11. The molecule has 0 amide bonds. The molecular weight excluding hydrogens is 240 g/mol. The fraction of sp³-hybridized carbons (Fsp3) is 0.333. The van der Waals surface area contributed by atoms with Crippen LogP contribution >= 0.6 is 0 Å². The first-order valence-corrected chi connectivity index (χ1v) is 7.83. The van der Waals surface area contributed by atoms with Gasteiger partial charge in [0, 0.05) is 6.61 Å². The molecule has 96 valence electrons. The fourth-order valence-electron chi connectivity index (χ4n) is 2.07. The Morgan fingerprint density at radius 2 is 1.83 bits per heavy atom. The molecule has 0 aromatic heterocycles. The van der Waals surface area contributed by atoms with E-state index in [1.54, 1.807) is 0 Å². The molecule has 3 heteroatoms. The third-order valence-electron chi connectivity index (χ3n) is 2.99. The summed E-state index contributed by atoms with van der Waals surface area (Å²) in [6, 6.07) is 14.9. The van der Waals surface area contributed by atoms with E-state index in [1.807, 2.05) is 6.92 Å². The van der Waals surface area contributed by atoms with Crippen molar-refractivity contribution < 1.29 is 9.16 Å². The lowest BCUT2D eigenvalue weighted by Crippen LogP contribution is -2.26. The molecule has 0 bridgehead atoms. The average molecular weight is 260 g/mol. The Kier molecular flexibility index (Phi) is 4.93. The van der Waals surface area contributed by atoms with Gasteiger partial charge in [0.1, 0.15) is 6.29 Å². The molecule has 2 rings (SSSR count). The molecule has 0 spiro atoms. The van der Waals surface area contributed by atoms with Gasteiger partial charge in [-0.1, -0.05) is 49.4 Å². The molecule has 2 aromatic carbocycles. The third-order valence-corrected chi connectivity index (χ3v) is 4.46. The van der Waals surface area contributed by atoms with Crippen LogP contribution in [-0.4, -0.2) is 22.7 Å². The van der Waals surface area contributed by atoms with Crippen LogP contribution in [0.4, 0.5) is 0 Å². The molecule has 0 heterocycles. The van der Waals surface area contributed by atoms with E-state index in [4.69, 9.17) is 9.16 Å². The lowest BCUT2D eigenvalue weighted by atomic mass is 10.1. The number of hydrogen-bond acceptors (Lipinski definition) is 2. The molecule has 0 fully saturated rings. The van der Waals surface area contributed by atoms with Crippen LogP contribution in [0.5, 0.6) is 0 Å². The van der Waals surface area contributed by atoms with Crippen molar-refractivity contribution >= 4 is 25.7 Å². The van der Waals surface area contributed by atoms with E-state index in [1.165, 1.54) is 16.0 Å².